The summed E-state index contributed by atoms with van der Waals surface area (Å²) >= 11 is 0. The first-order valence-electron chi connectivity index (χ1n) is 6.32. The van der Waals surface area contributed by atoms with Crippen molar-refractivity contribution < 1.29 is 4.79 Å². The van der Waals surface area contributed by atoms with Crippen molar-refractivity contribution in [3.8, 4) is 0 Å². The van der Waals surface area contributed by atoms with Crippen molar-refractivity contribution >= 4 is 17.3 Å². The fourth-order valence-corrected chi connectivity index (χ4v) is 2.23. The van der Waals surface area contributed by atoms with E-state index in [-0.39, 0.29) is 5.91 Å². The van der Waals surface area contributed by atoms with Gasteiger partial charge in [0.15, 0.2) is 0 Å². The lowest BCUT2D eigenvalue weighted by molar-refractivity contribution is -0.117. The van der Waals surface area contributed by atoms with Crippen molar-refractivity contribution in [1.29, 1.82) is 0 Å². The second-order valence-corrected chi connectivity index (χ2v) is 4.91. The van der Waals surface area contributed by atoms with E-state index in [1.165, 1.54) is 12.8 Å². The van der Waals surface area contributed by atoms with Crippen molar-refractivity contribution in [2.45, 2.75) is 32.7 Å². The van der Waals surface area contributed by atoms with Gasteiger partial charge in [0.25, 0.3) is 0 Å². The van der Waals surface area contributed by atoms with E-state index in [4.69, 9.17) is 5.73 Å². The lowest BCUT2D eigenvalue weighted by Gasteiger charge is -2.20. The molecule has 5 nitrogen and oxygen atoms in total. The van der Waals surface area contributed by atoms with Crippen LogP contribution < -0.4 is 11.1 Å². The van der Waals surface area contributed by atoms with Gasteiger partial charge in [0.1, 0.15) is 0 Å². The molecule has 0 bridgehead atoms. The number of hydrogen-bond donors (Lipinski definition) is 2. The van der Waals surface area contributed by atoms with Gasteiger partial charge in [-0.05, 0) is 39.3 Å². The molecule has 1 fully saturated rings. The number of carbonyl (C=O) groups excluding carboxylic acids is 1. The second-order valence-electron chi connectivity index (χ2n) is 4.91. The lowest BCUT2D eigenvalue weighted by atomic mass is 10.2. The predicted octanol–water partition coefficient (Wildman–Crippen LogP) is 1.40. The SMILES string of the molecule is Cc1ncc(NC(=O)CN2CCCC2C)cc1N. The van der Waals surface area contributed by atoms with Gasteiger partial charge in [-0.15, -0.1) is 0 Å². The Kier molecular flexibility index (Phi) is 3.81. The van der Waals surface area contributed by atoms with Crippen LogP contribution >= 0.6 is 0 Å². The van der Waals surface area contributed by atoms with Crippen molar-refractivity contribution in [3.05, 3.63) is 18.0 Å². The van der Waals surface area contributed by atoms with Gasteiger partial charge in [-0.25, -0.2) is 0 Å². The zero-order valence-electron chi connectivity index (χ0n) is 10.9. The number of nitrogens with one attached hydrogen (secondary N) is 1. The van der Waals surface area contributed by atoms with Gasteiger partial charge in [0, 0.05) is 6.04 Å². The number of rotatable bonds is 3. The Morgan fingerprint density at radius 1 is 1.67 bits per heavy atom. The van der Waals surface area contributed by atoms with E-state index in [9.17, 15) is 4.79 Å². The average Bonchev–Trinajstić information content (AvgIpc) is 2.70. The Bertz CT molecular complexity index is 447. The van der Waals surface area contributed by atoms with Crippen LogP contribution in [-0.2, 0) is 4.79 Å². The summed E-state index contributed by atoms with van der Waals surface area (Å²) in [6.07, 6.45) is 3.98. The maximum absolute atomic E-state index is 11.9. The molecule has 0 spiro atoms. The topological polar surface area (TPSA) is 71.2 Å². The molecule has 98 valence electrons. The Labute approximate surface area is 107 Å². The van der Waals surface area contributed by atoms with Gasteiger partial charge in [-0.1, -0.05) is 0 Å². The van der Waals surface area contributed by atoms with Crippen molar-refractivity contribution in [3.63, 3.8) is 0 Å². The zero-order valence-corrected chi connectivity index (χ0v) is 10.9. The number of aromatic nitrogens is 1. The molecule has 1 aromatic rings. The number of nitrogens with two attached hydrogens (primary N) is 1. The third-order valence-electron chi connectivity index (χ3n) is 3.45. The number of anilines is 2. The quantitative estimate of drug-likeness (QED) is 0.848. The minimum atomic E-state index is -0.00574. The number of aryl methyl sites for hydroxylation is 1. The van der Waals surface area contributed by atoms with E-state index < -0.39 is 0 Å². The van der Waals surface area contributed by atoms with Crippen LogP contribution in [0, 0.1) is 6.92 Å². The average molecular weight is 248 g/mol. The molecule has 1 aromatic heterocycles. The number of carbonyl (C=O) groups is 1. The molecular weight excluding hydrogens is 228 g/mol. The van der Waals surface area contributed by atoms with Gasteiger partial charge in [-0.3, -0.25) is 14.7 Å². The van der Waals surface area contributed by atoms with Crippen molar-refractivity contribution in [2.75, 3.05) is 24.1 Å². The molecule has 2 rings (SSSR count). The highest BCUT2D eigenvalue weighted by molar-refractivity contribution is 5.92. The maximum Gasteiger partial charge on any atom is 0.238 e. The van der Waals surface area contributed by atoms with Crippen molar-refractivity contribution in [2.24, 2.45) is 0 Å². The van der Waals surface area contributed by atoms with Crippen molar-refractivity contribution in [1.82, 2.24) is 9.88 Å². The summed E-state index contributed by atoms with van der Waals surface area (Å²) in [4.78, 5) is 18.2. The second kappa shape index (κ2) is 5.35. The molecule has 0 radical (unpaired) electrons. The van der Waals surface area contributed by atoms with Gasteiger partial charge in [0.2, 0.25) is 5.91 Å². The molecule has 0 aromatic carbocycles. The van der Waals surface area contributed by atoms with Crippen LogP contribution in [0.5, 0.6) is 0 Å². The van der Waals surface area contributed by atoms with E-state index in [0.717, 1.165) is 12.2 Å². The van der Waals surface area contributed by atoms with E-state index in [1.54, 1.807) is 12.3 Å². The summed E-state index contributed by atoms with van der Waals surface area (Å²) in [5, 5.41) is 2.83. The van der Waals surface area contributed by atoms with E-state index in [0.29, 0.717) is 24.0 Å². The van der Waals surface area contributed by atoms with E-state index in [1.807, 2.05) is 6.92 Å². The normalized spacial score (nSPS) is 20.0. The fraction of sp³-hybridized carbons (Fsp3) is 0.538. The number of nitrogens with zero attached hydrogens (tertiary/aromatic N) is 2. The highest BCUT2D eigenvalue weighted by Crippen LogP contribution is 2.17. The first kappa shape index (κ1) is 12.8. The van der Waals surface area contributed by atoms with Gasteiger partial charge in [-0.2, -0.15) is 0 Å². The van der Waals surface area contributed by atoms with Crippen LogP contribution in [0.4, 0.5) is 11.4 Å². The number of amides is 1. The molecule has 0 aliphatic carbocycles. The standard InChI is InChI=1S/C13H20N4O/c1-9-4-3-5-17(9)8-13(18)16-11-6-12(14)10(2)15-7-11/h6-7,9H,3-5,8,14H2,1-2H3,(H,16,18). The predicted molar refractivity (Wildman–Crippen MR) is 72.3 cm³/mol. The van der Waals surface area contributed by atoms with Crippen LogP contribution in [0.15, 0.2) is 12.3 Å². The minimum Gasteiger partial charge on any atom is -0.397 e. The lowest BCUT2D eigenvalue weighted by Crippen LogP contribution is -2.35. The van der Waals surface area contributed by atoms with Crippen LogP contribution in [0.25, 0.3) is 0 Å². The Morgan fingerprint density at radius 3 is 3.06 bits per heavy atom. The maximum atomic E-state index is 11.9. The summed E-state index contributed by atoms with van der Waals surface area (Å²) < 4.78 is 0. The summed E-state index contributed by atoms with van der Waals surface area (Å²) in [7, 11) is 0. The molecule has 5 heteroatoms. The minimum absolute atomic E-state index is 0.00574. The third kappa shape index (κ3) is 2.98. The van der Waals surface area contributed by atoms with E-state index >= 15 is 0 Å². The smallest absolute Gasteiger partial charge is 0.238 e. The highest BCUT2D eigenvalue weighted by Gasteiger charge is 2.22. The number of pyridine rings is 1. The zero-order chi connectivity index (χ0) is 13.1. The molecule has 1 saturated heterocycles. The number of hydrogen-bond acceptors (Lipinski definition) is 4. The molecule has 1 amide bonds. The summed E-state index contributed by atoms with van der Waals surface area (Å²) in [5.74, 6) is -0.00574. The molecular formula is C13H20N4O. The Balaban J connectivity index is 1.92. The summed E-state index contributed by atoms with van der Waals surface area (Å²) in [6.45, 7) is 5.44. The summed E-state index contributed by atoms with van der Waals surface area (Å²) in [5.41, 5.74) is 7.80. The number of nitrogen functional groups attached to an aromatic ring is 1. The largest absolute Gasteiger partial charge is 0.397 e. The molecule has 1 aliphatic rings. The van der Waals surface area contributed by atoms with Gasteiger partial charge in [0.05, 0.1) is 29.8 Å². The van der Waals surface area contributed by atoms with Gasteiger partial charge < -0.3 is 11.1 Å². The molecule has 0 saturated carbocycles. The molecule has 3 N–H and O–H groups in total. The fourth-order valence-electron chi connectivity index (χ4n) is 2.23. The molecule has 1 unspecified atom stereocenters. The summed E-state index contributed by atoms with van der Waals surface area (Å²) in [6, 6.07) is 2.24. The first-order valence-corrected chi connectivity index (χ1v) is 6.32. The monoisotopic (exact) mass is 248 g/mol. The van der Waals surface area contributed by atoms with Crippen LogP contribution in [0.1, 0.15) is 25.5 Å². The Hall–Kier alpha value is -1.62. The van der Waals surface area contributed by atoms with E-state index in [2.05, 4.69) is 22.1 Å². The molecule has 1 atom stereocenters. The third-order valence-corrected chi connectivity index (χ3v) is 3.45. The van der Waals surface area contributed by atoms with Crippen LogP contribution in [0.2, 0.25) is 0 Å². The van der Waals surface area contributed by atoms with Gasteiger partial charge >= 0.3 is 0 Å². The molecule has 2 heterocycles. The Morgan fingerprint density at radius 2 is 2.44 bits per heavy atom. The molecule has 18 heavy (non-hydrogen) atoms. The number of likely N-dealkylation sites (tertiary alicyclic amines) is 1. The van der Waals surface area contributed by atoms with Crippen LogP contribution in [-0.4, -0.2) is 34.9 Å². The first-order chi connectivity index (χ1) is 8.56. The highest BCUT2D eigenvalue weighted by atomic mass is 16.2. The molecule has 1 aliphatic heterocycles. The van der Waals surface area contributed by atoms with Crippen LogP contribution in [0.3, 0.4) is 0 Å².